The number of hydroxylamine groups is 4. The van der Waals surface area contributed by atoms with Crippen LogP contribution in [0, 0.1) is 11.5 Å². The molecule has 0 atom stereocenters. The van der Waals surface area contributed by atoms with E-state index in [1.54, 1.807) is 6.19 Å². The SMILES string of the molecule is C[N+]1(C#N)OC(=O)O1. The molecule has 0 aromatic heterocycles. The second-order valence-electron chi connectivity index (χ2n) is 1.38. The summed E-state index contributed by atoms with van der Waals surface area (Å²) < 4.78 is 0. The van der Waals surface area contributed by atoms with Crippen molar-refractivity contribution in [1.82, 2.24) is 0 Å². The summed E-state index contributed by atoms with van der Waals surface area (Å²) in [6.45, 7) is 0. The zero-order valence-corrected chi connectivity index (χ0v) is 4.12. The molecule has 1 fully saturated rings. The Bertz CT molecular complexity index is 162. The Hall–Kier alpha value is -1.28. The zero-order valence-electron chi connectivity index (χ0n) is 4.12. The van der Waals surface area contributed by atoms with E-state index in [0.717, 1.165) is 0 Å². The molecule has 1 rings (SSSR count). The Morgan fingerprint density at radius 3 is 2.38 bits per heavy atom. The van der Waals surface area contributed by atoms with Gasteiger partial charge in [-0.2, -0.15) is 14.5 Å². The second kappa shape index (κ2) is 1.11. The molecule has 8 heavy (non-hydrogen) atoms. The van der Waals surface area contributed by atoms with Gasteiger partial charge in [-0.3, -0.25) is 0 Å². The second-order valence-corrected chi connectivity index (χ2v) is 1.38. The minimum atomic E-state index is -0.811. The van der Waals surface area contributed by atoms with Crippen LogP contribution in [0.4, 0.5) is 4.79 Å². The van der Waals surface area contributed by atoms with Crippen molar-refractivity contribution in [3.8, 4) is 6.19 Å². The molecular formula is C3H3N2O3+. The highest BCUT2D eigenvalue weighted by Crippen LogP contribution is 2.15. The fraction of sp³-hybridized carbons (Fsp3) is 0.333. The molecule has 1 aliphatic rings. The van der Waals surface area contributed by atoms with E-state index in [-0.39, 0.29) is 0 Å². The highest BCUT2D eigenvalue weighted by Gasteiger charge is 2.48. The summed E-state index contributed by atoms with van der Waals surface area (Å²) in [5.74, 6) is 0. The predicted molar refractivity (Wildman–Crippen MR) is 19.4 cm³/mol. The molecule has 1 heterocycles. The van der Waals surface area contributed by atoms with E-state index in [9.17, 15) is 4.79 Å². The fourth-order valence-corrected chi connectivity index (χ4v) is 0.332. The van der Waals surface area contributed by atoms with Crippen LogP contribution in [0.15, 0.2) is 0 Å². The summed E-state index contributed by atoms with van der Waals surface area (Å²) in [6, 6.07) is 0. The first-order valence-electron chi connectivity index (χ1n) is 1.87. The van der Waals surface area contributed by atoms with Crippen LogP contribution >= 0.6 is 0 Å². The Morgan fingerprint density at radius 2 is 2.25 bits per heavy atom. The van der Waals surface area contributed by atoms with Crippen LogP contribution in [0.2, 0.25) is 0 Å². The van der Waals surface area contributed by atoms with E-state index >= 15 is 0 Å². The van der Waals surface area contributed by atoms with Crippen molar-refractivity contribution in [1.29, 1.82) is 5.26 Å². The number of carbonyl (C=O) groups is 1. The third-order valence-corrected chi connectivity index (χ3v) is 0.679. The molecule has 42 valence electrons. The van der Waals surface area contributed by atoms with E-state index < -0.39 is 11.0 Å². The molecule has 5 nitrogen and oxygen atoms in total. The summed E-state index contributed by atoms with van der Waals surface area (Å²) in [4.78, 5) is 17.5. The molecule has 0 aromatic carbocycles. The zero-order chi connectivity index (χ0) is 6.20. The number of hydrogen-bond donors (Lipinski definition) is 0. The van der Waals surface area contributed by atoms with Gasteiger partial charge in [-0.15, -0.1) is 5.26 Å². The molecule has 0 spiro atoms. The molecule has 1 aliphatic heterocycles. The number of carbonyl (C=O) groups excluding carboxylic acids is 1. The van der Waals surface area contributed by atoms with Gasteiger partial charge in [0.2, 0.25) is 0 Å². The van der Waals surface area contributed by atoms with Gasteiger partial charge in [-0.05, 0) is 0 Å². The molecule has 0 radical (unpaired) electrons. The maximum Gasteiger partial charge on any atom is 0.621 e. The molecular weight excluding hydrogens is 112 g/mol. The lowest BCUT2D eigenvalue weighted by molar-refractivity contribution is -1.21. The lowest BCUT2D eigenvalue weighted by Gasteiger charge is -2.22. The van der Waals surface area contributed by atoms with E-state index in [1.165, 1.54) is 7.05 Å². The van der Waals surface area contributed by atoms with Crippen LogP contribution in [0.25, 0.3) is 0 Å². The van der Waals surface area contributed by atoms with Gasteiger partial charge in [0, 0.05) is 0 Å². The molecule has 0 aliphatic carbocycles. The van der Waals surface area contributed by atoms with Gasteiger partial charge in [0.05, 0.1) is 0 Å². The largest absolute Gasteiger partial charge is 0.621 e. The van der Waals surface area contributed by atoms with Crippen molar-refractivity contribution in [3.63, 3.8) is 0 Å². The number of quaternary nitrogens is 1. The standard InChI is InChI=1S/C3H3N2O3/c1-5(2-4)7-3(6)8-5/h1H3/q+1. The Balaban J connectivity index is 2.56. The van der Waals surface area contributed by atoms with Crippen LogP contribution in [0.5, 0.6) is 0 Å². The average Bonchev–Trinajstić information content (AvgIpc) is 1.63. The maximum atomic E-state index is 9.86. The smallest absolute Gasteiger partial charge is 0.195 e. The summed E-state index contributed by atoms with van der Waals surface area (Å²) in [5, 5.41) is 8.08. The first kappa shape index (κ1) is 4.87. The number of nitriles is 1. The normalized spacial score (nSPS) is 21.8. The Morgan fingerprint density at radius 1 is 1.75 bits per heavy atom. The van der Waals surface area contributed by atoms with Gasteiger partial charge >= 0.3 is 12.3 Å². The van der Waals surface area contributed by atoms with Crippen LogP contribution < -0.4 is 0 Å². The quantitative estimate of drug-likeness (QED) is 0.327. The first-order chi connectivity index (χ1) is 3.66. The minimum Gasteiger partial charge on any atom is -0.195 e. The molecule has 0 saturated carbocycles. The lowest BCUT2D eigenvalue weighted by Crippen LogP contribution is -2.52. The maximum absolute atomic E-state index is 9.86. The lowest BCUT2D eigenvalue weighted by atomic mass is 11.0. The molecule has 0 unspecified atom stereocenters. The topological polar surface area (TPSA) is 59.3 Å². The number of hydrogen-bond acceptors (Lipinski definition) is 4. The van der Waals surface area contributed by atoms with Gasteiger partial charge in [-0.1, -0.05) is 0 Å². The van der Waals surface area contributed by atoms with Gasteiger partial charge < -0.3 is 0 Å². The van der Waals surface area contributed by atoms with Crippen molar-refractivity contribution >= 4 is 6.16 Å². The van der Waals surface area contributed by atoms with Crippen molar-refractivity contribution in [2.75, 3.05) is 7.05 Å². The van der Waals surface area contributed by atoms with Gasteiger partial charge in [-0.25, -0.2) is 0 Å². The van der Waals surface area contributed by atoms with E-state index in [1.807, 2.05) is 0 Å². The monoisotopic (exact) mass is 115 g/mol. The van der Waals surface area contributed by atoms with E-state index in [4.69, 9.17) is 5.26 Å². The molecule has 0 amide bonds. The number of rotatable bonds is 0. The van der Waals surface area contributed by atoms with Gasteiger partial charge in [0.25, 0.3) is 0 Å². The van der Waals surface area contributed by atoms with Gasteiger partial charge in [0.15, 0.2) is 11.9 Å². The Labute approximate surface area is 45.1 Å². The van der Waals surface area contributed by atoms with Crippen LogP contribution in [-0.4, -0.2) is 18.0 Å². The molecule has 0 bridgehead atoms. The van der Waals surface area contributed by atoms with Crippen molar-refractivity contribution in [2.45, 2.75) is 0 Å². The average molecular weight is 115 g/mol. The summed E-state index contributed by atoms with van der Waals surface area (Å²) in [5.41, 5.74) is 0. The third-order valence-electron chi connectivity index (χ3n) is 0.679. The minimum absolute atomic E-state index is 0.737. The third kappa shape index (κ3) is 0.476. The predicted octanol–water partition coefficient (Wildman–Crippen LogP) is -0.0891. The summed E-state index contributed by atoms with van der Waals surface area (Å²) >= 11 is 0. The highest BCUT2D eigenvalue weighted by atomic mass is 17.2. The van der Waals surface area contributed by atoms with Crippen LogP contribution in [0.1, 0.15) is 0 Å². The highest BCUT2D eigenvalue weighted by molar-refractivity contribution is 5.60. The van der Waals surface area contributed by atoms with E-state index in [0.29, 0.717) is 0 Å². The van der Waals surface area contributed by atoms with Crippen molar-refractivity contribution in [3.05, 3.63) is 0 Å². The van der Waals surface area contributed by atoms with Crippen LogP contribution in [0.3, 0.4) is 0 Å². The molecule has 0 N–H and O–H groups in total. The summed E-state index contributed by atoms with van der Waals surface area (Å²) in [7, 11) is 1.31. The molecule has 5 heteroatoms. The van der Waals surface area contributed by atoms with E-state index in [2.05, 4.69) is 9.68 Å². The number of nitrogens with zero attached hydrogens (tertiary/aromatic N) is 2. The molecule has 0 aromatic rings. The Kier molecular flexibility index (Phi) is 0.675. The van der Waals surface area contributed by atoms with Crippen molar-refractivity contribution < 1.29 is 19.3 Å². The van der Waals surface area contributed by atoms with Crippen LogP contribution in [-0.2, 0) is 9.68 Å². The van der Waals surface area contributed by atoms with Crippen molar-refractivity contribution in [2.24, 2.45) is 0 Å². The first-order valence-corrected chi connectivity index (χ1v) is 1.87. The van der Waals surface area contributed by atoms with Gasteiger partial charge in [0.1, 0.15) is 0 Å². The molecule has 1 saturated heterocycles. The summed E-state index contributed by atoms with van der Waals surface area (Å²) in [6.07, 6.45) is 0.769. The fourth-order valence-electron chi connectivity index (χ4n) is 0.332.